The van der Waals surface area contributed by atoms with Crippen molar-refractivity contribution in [1.29, 1.82) is 0 Å². The largest absolute Gasteiger partial charge is 0.493 e. The van der Waals surface area contributed by atoms with E-state index in [0.717, 1.165) is 31.4 Å². The van der Waals surface area contributed by atoms with E-state index in [-0.39, 0.29) is 0 Å². The molecule has 0 aliphatic carbocycles. The molecular weight excluding hydrogens is 364 g/mol. The summed E-state index contributed by atoms with van der Waals surface area (Å²) in [5.41, 5.74) is 3.37. The monoisotopic (exact) mass is 395 g/mol. The molecule has 29 heavy (non-hydrogen) atoms. The summed E-state index contributed by atoms with van der Waals surface area (Å²) in [6.45, 7) is 5.61. The Morgan fingerprint density at radius 3 is 2.52 bits per heavy atom. The fourth-order valence-electron chi connectivity index (χ4n) is 4.64. The van der Waals surface area contributed by atoms with Crippen LogP contribution in [0.25, 0.3) is 0 Å². The summed E-state index contributed by atoms with van der Waals surface area (Å²) in [5, 5.41) is 12.0. The maximum absolute atomic E-state index is 12.0. The first kappa shape index (κ1) is 19.8. The average Bonchev–Trinajstić information content (AvgIpc) is 2.88. The van der Waals surface area contributed by atoms with Crippen LogP contribution in [0.5, 0.6) is 11.5 Å². The number of aliphatic hydroxyl groups is 1. The summed E-state index contributed by atoms with van der Waals surface area (Å²) in [6, 6.07) is 12.3. The Labute approximate surface area is 173 Å². The van der Waals surface area contributed by atoms with E-state index in [1.807, 2.05) is 18.2 Å². The number of anilines is 1. The van der Waals surface area contributed by atoms with E-state index in [1.165, 1.54) is 29.1 Å². The highest BCUT2D eigenvalue weighted by atomic mass is 16.5. The number of methoxy groups -OCH3 is 2. The summed E-state index contributed by atoms with van der Waals surface area (Å²) >= 11 is 0. The Balaban J connectivity index is 1.84. The fraction of sp³-hybridized carbons (Fsp3) is 0.458. The van der Waals surface area contributed by atoms with Crippen LogP contribution in [-0.4, -0.2) is 42.8 Å². The highest BCUT2D eigenvalue weighted by molar-refractivity contribution is 5.96. The van der Waals surface area contributed by atoms with Crippen LogP contribution in [0.2, 0.25) is 0 Å². The molecule has 2 aliphatic rings. The van der Waals surface area contributed by atoms with Gasteiger partial charge in [-0.25, -0.2) is 9.48 Å². The highest BCUT2D eigenvalue weighted by Crippen LogP contribution is 2.39. The molecule has 2 aromatic rings. The third-order valence-electron chi connectivity index (χ3n) is 6.23. The Morgan fingerprint density at radius 1 is 0.966 bits per heavy atom. The number of amidine groups is 1. The molecule has 2 aromatic carbocycles. The van der Waals surface area contributed by atoms with Gasteiger partial charge in [0.25, 0.3) is 11.6 Å². The lowest BCUT2D eigenvalue weighted by Crippen LogP contribution is -2.41. The number of rotatable bonds is 4. The first-order valence-electron chi connectivity index (χ1n) is 10.4. The van der Waals surface area contributed by atoms with Crippen LogP contribution in [0.3, 0.4) is 0 Å². The van der Waals surface area contributed by atoms with Crippen LogP contribution >= 0.6 is 0 Å². The second kappa shape index (κ2) is 7.71. The van der Waals surface area contributed by atoms with Crippen molar-refractivity contribution in [3.63, 3.8) is 0 Å². The summed E-state index contributed by atoms with van der Waals surface area (Å²) in [4.78, 5) is 2.32. The van der Waals surface area contributed by atoms with Crippen molar-refractivity contribution in [3.05, 3.63) is 53.1 Å². The molecule has 1 atom stereocenters. The van der Waals surface area contributed by atoms with Gasteiger partial charge in [-0.05, 0) is 68.5 Å². The molecule has 0 bridgehead atoms. The molecule has 2 heterocycles. The number of ether oxygens (including phenoxy) is 2. The van der Waals surface area contributed by atoms with Gasteiger partial charge in [0.15, 0.2) is 18.0 Å². The molecule has 0 radical (unpaired) electrons. The summed E-state index contributed by atoms with van der Waals surface area (Å²) < 4.78 is 13.1. The van der Waals surface area contributed by atoms with Crippen molar-refractivity contribution in [2.24, 2.45) is 0 Å². The number of benzene rings is 2. The molecule has 0 saturated heterocycles. The molecule has 0 aromatic heterocycles. The quantitative estimate of drug-likeness (QED) is 0.796. The van der Waals surface area contributed by atoms with Gasteiger partial charge in [0, 0.05) is 12.0 Å². The molecule has 5 nitrogen and oxygen atoms in total. The van der Waals surface area contributed by atoms with Gasteiger partial charge in [0.05, 0.1) is 20.8 Å². The second-order valence-electron chi connectivity index (χ2n) is 8.14. The van der Waals surface area contributed by atoms with E-state index in [1.54, 1.807) is 14.2 Å². The van der Waals surface area contributed by atoms with Gasteiger partial charge in [-0.15, -0.1) is 0 Å². The molecule has 0 amide bonds. The van der Waals surface area contributed by atoms with Crippen molar-refractivity contribution in [1.82, 2.24) is 0 Å². The van der Waals surface area contributed by atoms with Gasteiger partial charge < -0.3 is 14.6 Å². The molecule has 0 spiro atoms. The van der Waals surface area contributed by atoms with Gasteiger partial charge in [0.1, 0.15) is 5.69 Å². The van der Waals surface area contributed by atoms with E-state index >= 15 is 0 Å². The van der Waals surface area contributed by atoms with Gasteiger partial charge in [-0.2, -0.15) is 0 Å². The van der Waals surface area contributed by atoms with Crippen LogP contribution in [0.4, 0.5) is 5.69 Å². The topological polar surface area (TPSA) is 44.9 Å². The fourth-order valence-corrected chi connectivity index (χ4v) is 4.64. The summed E-state index contributed by atoms with van der Waals surface area (Å²) in [7, 11) is 3.26. The molecule has 0 saturated carbocycles. The number of hydrogen-bond acceptors (Lipinski definition) is 4. The van der Waals surface area contributed by atoms with Crippen molar-refractivity contribution >= 4 is 11.5 Å². The van der Waals surface area contributed by atoms with Crippen molar-refractivity contribution in [3.8, 4) is 11.5 Å². The SMILES string of the molecule is COc1ccc([C@@]2(O)CN(c3cc(C)ccc3C)C3=[N+]2CCCCC3)cc1OC. The third kappa shape index (κ3) is 3.38. The Morgan fingerprint density at radius 2 is 1.76 bits per heavy atom. The third-order valence-corrected chi connectivity index (χ3v) is 6.23. The first-order chi connectivity index (χ1) is 14.0. The first-order valence-corrected chi connectivity index (χ1v) is 10.4. The summed E-state index contributed by atoms with van der Waals surface area (Å²) in [5.74, 6) is 2.53. The zero-order valence-corrected chi connectivity index (χ0v) is 17.9. The normalized spacial score (nSPS) is 21.8. The van der Waals surface area contributed by atoms with E-state index < -0.39 is 5.72 Å². The van der Waals surface area contributed by atoms with Crippen LogP contribution in [0, 0.1) is 13.8 Å². The Bertz CT molecular complexity index is 953. The molecule has 0 unspecified atom stereocenters. The zero-order chi connectivity index (χ0) is 20.6. The lowest BCUT2D eigenvalue weighted by atomic mass is 10.0. The van der Waals surface area contributed by atoms with Gasteiger partial charge in [0.2, 0.25) is 0 Å². The average molecular weight is 396 g/mol. The number of β-amino-alcohol motifs (C(OH)–C–C–N with tert-alkyl or cyclic N) is 1. The van der Waals surface area contributed by atoms with Crippen LogP contribution in [0.15, 0.2) is 36.4 Å². The van der Waals surface area contributed by atoms with Crippen molar-refractivity contribution < 1.29 is 19.2 Å². The molecule has 2 aliphatic heterocycles. The standard InChI is InChI=1S/C24H31N2O3/c1-17-9-10-18(2)20(14-17)25-16-24(27,26-13-7-5-6-8-23(25)26)19-11-12-21(28-3)22(15-19)29-4/h9-12,14-15,27H,5-8,13,16H2,1-4H3/q+1/t24-/m0/s1. The number of hydrogen-bond donors (Lipinski definition) is 1. The molecule has 154 valence electrons. The minimum absolute atomic E-state index is 0.502. The van der Waals surface area contributed by atoms with E-state index in [2.05, 4.69) is 41.5 Å². The van der Waals surface area contributed by atoms with Crippen molar-refractivity contribution in [2.45, 2.75) is 45.3 Å². The van der Waals surface area contributed by atoms with E-state index in [4.69, 9.17) is 9.47 Å². The van der Waals surface area contributed by atoms with Gasteiger partial charge in [-0.1, -0.05) is 12.1 Å². The maximum atomic E-state index is 12.0. The van der Waals surface area contributed by atoms with Crippen LogP contribution < -0.4 is 14.4 Å². The lowest BCUT2D eigenvalue weighted by molar-refractivity contribution is -0.658. The number of nitrogens with zero attached hydrogens (tertiary/aromatic N) is 2. The predicted octanol–water partition coefficient (Wildman–Crippen LogP) is 3.97. The smallest absolute Gasteiger partial charge is 0.271 e. The Hall–Kier alpha value is -2.53. The Kier molecular flexibility index (Phi) is 5.26. The van der Waals surface area contributed by atoms with E-state index in [9.17, 15) is 5.11 Å². The molecular formula is C24H31N2O3+. The molecule has 4 rings (SSSR count). The lowest BCUT2D eigenvalue weighted by Gasteiger charge is -2.24. The molecule has 5 heteroatoms. The molecule has 0 fully saturated rings. The summed E-state index contributed by atoms with van der Waals surface area (Å²) in [6.07, 6.45) is 4.39. The van der Waals surface area contributed by atoms with Crippen LogP contribution in [0.1, 0.15) is 42.4 Å². The van der Waals surface area contributed by atoms with E-state index in [0.29, 0.717) is 18.0 Å². The second-order valence-corrected chi connectivity index (χ2v) is 8.14. The minimum Gasteiger partial charge on any atom is -0.493 e. The number of aryl methyl sites for hydroxylation is 2. The minimum atomic E-state index is -1.10. The van der Waals surface area contributed by atoms with Gasteiger partial charge in [-0.3, -0.25) is 0 Å². The molecule has 1 N–H and O–H groups in total. The van der Waals surface area contributed by atoms with Crippen LogP contribution in [-0.2, 0) is 5.72 Å². The zero-order valence-electron chi connectivity index (χ0n) is 17.9. The highest BCUT2D eigenvalue weighted by Gasteiger charge is 2.52. The van der Waals surface area contributed by atoms with Gasteiger partial charge >= 0.3 is 0 Å². The predicted molar refractivity (Wildman–Crippen MR) is 115 cm³/mol. The maximum Gasteiger partial charge on any atom is 0.271 e. The van der Waals surface area contributed by atoms with Crippen molar-refractivity contribution in [2.75, 3.05) is 32.2 Å².